The summed E-state index contributed by atoms with van der Waals surface area (Å²) in [5.41, 5.74) is 1.04. The number of amides is 1. The van der Waals surface area contributed by atoms with Gasteiger partial charge in [-0.15, -0.1) is 0 Å². The van der Waals surface area contributed by atoms with E-state index < -0.39 is 0 Å². The lowest BCUT2D eigenvalue weighted by atomic mass is 10.1. The summed E-state index contributed by atoms with van der Waals surface area (Å²) in [6, 6.07) is 4.94. The van der Waals surface area contributed by atoms with Gasteiger partial charge in [-0.3, -0.25) is 0 Å². The highest BCUT2D eigenvalue weighted by molar-refractivity contribution is 14.1. The van der Waals surface area contributed by atoms with E-state index in [-0.39, 0.29) is 24.1 Å². The third-order valence-corrected chi connectivity index (χ3v) is 5.21. The number of rotatable bonds is 5. The van der Waals surface area contributed by atoms with E-state index in [0.717, 1.165) is 3.57 Å². The molecular weight excluding hydrogens is 490 g/mol. The minimum atomic E-state index is -0.349. The normalized spacial score (nSPS) is 14.8. The Morgan fingerprint density at radius 1 is 1.31 bits per heavy atom. The number of ether oxygens (including phenoxy) is 2. The van der Waals surface area contributed by atoms with E-state index in [2.05, 4.69) is 37.9 Å². The Labute approximate surface area is 183 Å². The molecule has 1 aromatic carbocycles. The molecule has 0 radical (unpaired) electrons. The van der Waals surface area contributed by atoms with Gasteiger partial charge in [0.25, 0.3) is 0 Å². The van der Waals surface area contributed by atoms with Crippen molar-refractivity contribution in [3.63, 3.8) is 0 Å². The van der Waals surface area contributed by atoms with Crippen LogP contribution in [0.1, 0.15) is 32.3 Å². The van der Waals surface area contributed by atoms with Crippen molar-refractivity contribution in [3.05, 3.63) is 39.5 Å². The Balaban J connectivity index is 1.62. The van der Waals surface area contributed by atoms with Gasteiger partial charge in [0.15, 0.2) is 0 Å². The summed E-state index contributed by atoms with van der Waals surface area (Å²) >= 11 is 2.06. The van der Waals surface area contributed by atoms with Crippen LogP contribution in [0.15, 0.2) is 24.5 Å². The van der Waals surface area contributed by atoms with Crippen molar-refractivity contribution in [3.8, 4) is 5.88 Å². The second kappa shape index (κ2) is 9.55. The number of anilines is 2. The number of carbonyl (C=O) groups excluding carboxylic acids is 1. The van der Waals surface area contributed by atoms with Gasteiger partial charge in [0, 0.05) is 29.5 Å². The fourth-order valence-corrected chi connectivity index (χ4v) is 3.44. The van der Waals surface area contributed by atoms with E-state index in [1.165, 1.54) is 12.4 Å². The van der Waals surface area contributed by atoms with Crippen molar-refractivity contribution in [2.45, 2.75) is 45.8 Å². The van der Waals surface area contributed by atoms with E-state index in [9.17, 15) is 9.18 Å². The largest absolute Gasteiger partial charge is 0.474 e. The molecule has 0 atom stereocenters. The predicted octanol–water partition coefficient (Wildman–Crippen LogP) is 4.66. The number of nitrogens with one attached hydrogen (secondary N) is 1. The molecule has 156 valence electrons. The first kappa shape index (κ1) is 21.5. The minimum absolute atomic E-state index is 0.0606. The van der Waals surface area contributed by atoms with Gasteiger partial charge in [-0.25, -0.2) is 19.2 Å². The summed E-state index contributed by atoms with van der Waals surface area (Å²) < 4.78 is 26.3. The van der Waals surface area contributed by atoms with Crippen LogP contribution in [0.2, 0.25) is 0 Å². The second-order valence-electron chi connectivity index (χ2n) is 7.14. The van der Waals surface area contributed by atoms with Crippen molar-refractivity contribution in [1.29, 1.82) is 0 Å². The van der Waals surface area contributed by atoms with Crippen molar-refractivity contribution in [2.24, 2.45) is 0 Å². The van der Waals surface area contributed by atoms with Crippen molar-refractivity contribution < 1.29 is 18.7 Å². The first-order valence-corrected chi connectivity index (χ1v) is 10.6. The standard InChI is InChI=1S/C20H24FIN4O3/c1-12(2)28-20(27)26-8-6-15(7-9-26)29-19-13(3)18(23-11-24-19)25-17-5-4-14(22)10-16(17)21/h4-5,10-12,15H,6-9H2,1-3H3,(H,23,24,25). The van der Waals surface area contributed by atoms with Crippen LogP contribution in [0, 0.1) is 16.3 Å². The van der Waals surface area contributed by atoms with Crippen LogP contribution >= 0.6 is 22.6 Å². The number of likely N-dealkylation sites (tertiary alicyclic amines) is 1. The van der Waals surface area contributed by atoms with E-state index >= 15 is 0 Å². The maximum Gasteiger partial charge on any atom is 0.410 e. The molecule has 9 heteroatoms. The average Bonchev–Trinajstić information content (AvgIpc) is 2.67. The quantitative estimate of drug-likeness (QED) is 0.586. The van der Waals surface area contributed by atoms with Crippen LogP contribution < -0.4 is 10.1 Å². The molecule has 3 rings (SSSR count). The number of piperidine rings is 1. The minimum Gasteiger partial charge on any atom is -0.474 e. The van der Waals surface area contributed by atoms with E-state index in [1.54, 1.807) is 11.0 Å². The number of nitrogens with zero attached hydrogens (tertiary/aromatic N) is 3. The van der Waals surface area contributed by atoms with Gasteiger partial charge in [0.1, 0.15) is 24.1 Å². The van der Waals surface area contributed by atoms with Crippen LogP contribution in [0.25, 0.3) is 0 Å². The SMILES string of the molecule is Cc1c(Nc2ccc(I)cc2F)ncnc1OC1CCN(C(=O)OC(C)C)CC1. The molecule has 0 saturated carbocycles. The molecule has 1 saturated heterocycles. The number of hydrogen-bond acceptors (Lipinski definition) is 6. The fraction of sp³-hybridized carbons (Fsp3) is 0.450. The average molecular weight is 514 g/mol. The van der Waals surface area contributed by atoms with Crippen LogP contribution in [-0.4, -0.2) is 46.3 Å². The number of aromatic nitrogens is 2. The van der Waals surface area contributed by atoms with Gasteiger partial charge in [-0.05, 0) is 61.6 Å². The molecule has 1 aliphatic rings. The van der Waals surface area contributed by atoms with Gasteiger partial charge in [-0.2, -0.15) is 0 Å². The molecule has 1 N–H and O–H groups in total. The summed E-state index contributed by atoms with van der Waals surface area (Å²) in [6.07, 6.45) is 2.28. The first-order valence-electron chi connectivity index (χ1n) is 9.49. The summed E-state index contributed by atoms with van der Waals surface area (Å²) in [6.45, 7) is 6.63. The van der Waals surface area contributed by atoms with Crippen LogP contribution in [0.5, 0.6) is 5.88 Å². The van der Waals surface area contributed by atoms with Gasteiger partial charge < -0.3 is 19.7 Å². The van der Waals surface area contributed by atoms with Crippen molar-refractivity contribution >= 4 is 40.2 Å². The molecule has 2 aromatic rings. The van der Waals surface area contributed by atoms with Crippen molar-refractivity contribution in [2.75, 3.05) is 18.4 Å². The molecule has 29 heavy (non-hydrogen) atoms. The van der Waals surface area contributed by atoms with Crippen LogP contribution in [-0.2, 0) is 4.74 Å². The van der Waals surface area contributed by atoms with E-state index in [4.69, 9.17) is 9.47 Å². The molecular formula is C20H24FIN4O3. The van der Waals surface area contributed by atoms with Crippen LogP contribution in [0.4, 0.5) is 20.7 Å². The molecule has 1 aromatic heterocycles. The van der Waals surface area contributed by atoms with E-state index in [0.29, 0.717) is 48.9 Å². The van der Waals surface area contributed by atoms with Crippen molar-refractivity contribution in [1.82, 2.24) is 14.9 Å². The maximum atomic E-state index is 14.1. The zero-order valence-electron chi connectivity index (χ0n) is 16.6. The second-order valence-corrected chi connectivity index (χ2v) is 8.38. The highest BCUT2D eigenvalue weighted by Gasteiger charge is 2.26. The monoisotopic (exact) mass is 514 g/mol. The van der Waals surface area contributed by atoms with E-state index in [1.807, 2.05) is 26.8 Å². The lowest BCUT2D eigenvalue weighted by Crippen LogP contribution is -2.42. The number of benzene rings is 1. The van der Waals surface area contributed by atoms with Gasteiger partial charge in [-0.1, -0.05) is 0 Å². The summed E-state index contributed by atoms with van der Waals surface area (Å²) in [5.74, 6) is 0.600. The summed E-state index contributed by atoms with van der Waals surface area (Å²) in [5, 5.41) is 3.01. The number of halogens is 2. The van der Waals surface area contributed by atoms with Gasteiger partial charge in [0.2, 0.25) is 5.88 Å². The number of hydrogen-bond donors (Lipinski definition) is 1. The summed E-state index contributed by atoms with van der Waals surface area (Å²) in [4.78, 5) is 22.1. The first-order chi connectivity index (χ1) is 13.8. The fourth-order valence-electron chi connectivity index (χ4n) is 2.99. The molecule has 0 aliphatic carbocycles. The Hall–Kier alpha value is -2.17. The summed E-state index contributed by atoms with van der Waals surface area (Å²) in [7, 11) is 0. The lowest BCUT2D eigenvalue weighted by Gasteiger charge is -2.32. The predicted molar refractivity (Wildman–Crippen MR) is 116 cm³/mol. The zero-order chi connectivity index (χ0) is 21.0. The molecule has 2 heterocycles. The molecule has 1 fully saturated rings. The molecule has 1 aliphatic heterocycles. The third-order valence-electron chi connectivity index (χ3n) is 4.54. The molecule has 0 bridgehead atoms. The Bertz CT molecular complexity index is 873. The molecule has 1 amide bonds. The third kappa shape index (κ3) is 5.68. The maximum absolute atomic E-state index is 14.1. The molecule has 7 nitrogen and oxygen atoms in total. The Kier molecular flexibility index (Phi) is 7.09. The van der Waals surface area contributed by atoms with Gasteiger partial charge in [0.05, 0.1) is 17.4 Å². The Morgan fingerprint density at radius 3 is 2.69 bits per heavy atom. The topological polar surface area (TPSA) is 76.6 Å². The smallest absolute Gasteiger partial charge is 0.410 e. The highest BCUT2D eigenvalue weighted by atomic mass is 127. The lowest BCUT2D eigenvalue weighted by molar-refractivity contribution is 0.0505. The number of carbonyl (C=O) groups is 1. The van der Waals surface area contributed by atoms with Gasteiger partial charge >= 0.3 is 6.09 Å². The Morgan fingerprint density at radius 2 is 2.03 bits per heavy atom. The molecule has 0 spiro atoms. The van der Waals surface area contributed by atoms with Crippen LogP contribution in [0.3, 0.4) is 0 Å². The highest BCUT2D eigenvalue weighted by Crippen LogP contribution is 2.28. The zero-order valence-corrected chi connectivity index (χ0v) is 18.8. The molecule has 0 unspecified atom stereocenters.